The van der Waals surface area contributed by atoms with Crippen molar-refractivity contribution in [2.75, 3.05) is 12.8 Å². The Balaban J connectivity index is 2.08. The van der Waals surface area contributed by atoms with E-state index in [-0.39, 0.29) is 0 Å². The first kappa shape index (κ1) is 12.5. The molecule has 2 aromatic heterocycles. The Morgan fingerprint density at radius 3 is 2.84 bits per heavy atom. The van der Waals surface area contributed by atoms with Crippen LogP contribution in [0.2, 0.25) is 0 Å². The van der Waals surface area contributed by atoms with Crippen molar-refractivity contribution >= 4 is 17.1 Å². The van der Waals surface area contributed by atoms with Crippen LogP contribution in [0.4, 0.5) is 5.95 Å². The number of hydrogen-bond acceptors (Lipinski definition) is 4. The summed E-state index contributed by atoms with van der Waals surface area (Å²) in [6.45, 7) is 2.09. The highest BCUT2D eigenvalue weighted by molar-refractivity contribution is 5.78. The molecule has 0 aromatic carbocycles. The fraction of sp³-hybridized carbons (Fsp3) is 0.692. The van der Waals surface area contributed by atoms with Gasteiger partial charge in [-0.05, 0) is 25.7 Å². The molecule has 1 fully saturated rings. The molecule has 1 saturated carbocycles. The van der Waals surface area contributed by atoms with Gasteiger partial charge in [-0.1, -0.05) is 6.92 Å². The zero-order valence-electron chi connectivity index (χ0n) is 11.8. The summed E-state index contributed by atoms with van der Waals surface area (Å²) in [6, 6.07) is 0.370. The first-order valence-corrected chi connectivity index (χ1v) is 6.87. The Hall–Kier alpha value is -1.56. The molecule has 0 spiro atoms. The summed E-state index contributed by atoms with van der Waals surface area (Å²) in [5.74, 6) is 0.597. The minimum absolute atomic E-state index is 0.334. The average Bonchev–Trinajstić information content (AvgIpc) is 3.05. The predicted octanol–water partition coefficient (Wildman–Crippen LogP) is 1.65. The van der Waals surface area contributed by atoms with Crippen LogP contribution in [0.5, 0.6) is 0 Å². The van der Waals surface area contributed by atoms with Crippen LogP contribution in [-0.4, -0.2) is 32.5 Å². The molecular formula is C13H21N5O. The van der Waals surface area contributed by atoms with E-state index in [1.54, 1.807) is 7.11 Å². The molecule has 0 aliphatic heterocycles. The van der Waals surface area contributed by atoms with E-state index in [2.05, 4.69) is 21.6 Å². The van der Waals surface area contributed by atoms with E-state index in [1.807, 2.05) is 11.7 Å². The Morgan fingerprint density at radius 1 is 1.42 bits per heavy atom. The summed E-state index contributed by atoms with van der Waals surface area (Å²) in [5.41, 5.74) is 9.13. The Morgan fingerprint density at radius 2 is 2.21 bits per heavy atom. The highest BCUT2D eigenvalue weighted by atomic mass is 16.5. The molecule has 104 valence electrons. The lowest BCUT2D eigenvalue weighted by Crippen LogP contribution is -2.13. The van der Waals surface area contributed by atoms with Gasteiger partial charge in [-0.15, -0.1) is 0 Å². The molecule has 2 heterocycles. The summed E-state index contributed by atoms with van der Waals surface area (Å²) in [4.78, 5) is 4.52. The van der Waals surface area contributed by atoms with Crippen molar-refractivity contribution in [3.63, 3.8) is 0 Å². The molecule has 0 radical (unpaired) electrons. The first-order valence-electron chi connectivity index (χ1n) is 6.87. The third-order valence-corrected chi connectivity index (χ3v) is 4.15. The van der Waals surface area contributed by atoms with Gasteiger partial charge in [0.2, 0.25) is 5.95 Å². The van der Waals surface area contributed by atoms with Crippen LogP contribution in [-0.2, 0) is 18.2 Å². The molecule has 2 atom stereocenters. The molecule has 3 rings (SSSR count). The molecule has 0 amide bonds. The van der Waals surface area contributed by atoms with E-state index < -0.39 is 0 Å². The number of ether oxygens (including phenoxy) is 1. The highest BCUT2D eigenvalue weighted by Crippen LogP contribution is 2.36. The summed E-state index contributed by atoms with van der Waals surface area (Å²) >= 11 is 0. The summed E-state index contributed by atoms with van der Waals surface area (Å²) in [5, 5.41) is 4.53. The van der Waals surface area contributed by atoms with Crippen molar-refractivity contribution < 1.29 is 4.74 Å². The molecule has 2 N–H and O–H groups in total. The number of rotatable bonds is 3. The summed E-state index contributed by atoms with van der Waals surface area (Å²) in [6.07, 6.45) is 4.37. The van der Waals surface area contributed by atoms with Gasteiger partial charge in [0.05, 0.1) is 11.8 Å². The Labute approximate surface area is 112 Å². The van der Waals surface area contributed by atoms with Crippen molar-refractivity contribution in [2.45, 2.75) is 44.8 Å². The van der Waals surface area contributed by atoms with Crippen molar-refractivity contribution in [3.8, 4) is 0 Å². The van der Waals surface area contributed by atoms with Crippen LogP contribution in [0.1, 0.15) is 37.9 Å². The van der Waals surface area contributed by atoms with Gasteiger partial charge in [0, 0.05) is 20.2 Å². The number of aryl methyl sites for hydroxylation is 2. The number of fused-ring (bicyclic) bond motifs is 1. The second kappa shape index (κ2) is 4.52. The fourth-order valence-corrected chi connectivity index (χ4v) is 3.18. The standard InChI is InChI=1S/C13H21N5O/c1-4-10-11-12(17(2)16-10)18(13(14)15-11)8-5-6-9(7-8)19-3/h8-9H,4-7H2,1-3H3,(H2,14,15). The van der Waals surface area contributed by atoms with E-state index in [1.165, 1.54) is 0 Å². The van der Waals surface area contributed by atoms with E-state index in [0.717, 1.165) is 42.5 Å². The van der Waals surface area contributed by atoms with Crippen molar-refractivity contribution in [3.05, 3.63) is 5.69 Å². The molecule has 2 unspecified atom stereocenters. The Bertz CT molecular complexity index is 600. The number of nitrogens with zero attached hydrogens (tertiary/aromatic N) is 4. The quantitative estimate of drug-likeness (QED) is 0.914. The monoisotopic (exact) mass is 263 g/mol. The van der Waals surface area contributed by atoms with Crippen molar-refractivity contribution in [1.82, 2.24) is 19.3 Å². The average molecular weight is 263 g/mol. The second-order valence-corrected chi connectivity index (χ2v) is 5.26. The largest absolute Gasteiger partial charge is 0.381 e. The zero-order valence-corrected chi connectivity index (χ0v) is 11.8. The van der Waals surface area contributed by atoms with Crippen LogP contribution in [0.25, 0.3) is 11.2 Å². The molecular weight excluding hydrogens is 242 g/mol. The van der Waals surface area contributed by atoms with Crippen LogP contribution >= 0.6 is 0 Å². The molecule has 1 aliphatic rings. The van der Waals surface area contributed by atoms with Gasteiger partial charge >= 0.3 is 0 Å². The van der Waals surface area contributed by atoms with E-state index >= 15 is 0 Å². The van der Waals surface area contributed by atoms with Gasteiger partial charge in [0.1, 0.15) is 5.52 Å². The van der Waals surface area contributed by atoms with Gasteiger partial charge in [-0.25, -0.2) is 4.98 Å². The topological polar surface area (TPSA) is 70.9 Å². The fourth-order valence-electron chi connectivity index (χ4n) is 3.18. The number of nitrogens with two attached hydrogens (primary N) is 1. The smallest absolute Gasteiger partial charge is 0.202 e. The summed E-state index contributed by atoms with van der Waals surface area (Å²) < 4.78 is 9.49. The van der Waals surface area contributed by atoms with Gasteiger partial charge in [-0.2, -0.15) is 5.10 Å². The second-order valence-electron chi connectivity index (χ2n) is 5.26. The minimum Gasteiger partial charge on any atom is -0.381 e. The number of anilines is 1. The first-order chi connectivity index (χ1) is 9.15. The lowest BCUT2D eigenvalue weighted by atomic mass is 10.2. The number of imidazole rings is 1. The third kappa shape index (κ3) is 1.82. The minimum atomic E-state index is 0.334. The predicted molar refractivity (Wildman–Crippen MR) is 74.0 cm³/mol. The van der Waals surface area contributed by atoms with Crippen LogP contribution < -0.4 is 5.73 Å². The number of aromatic nitrogens is 4. The highest BCUT2D eigenvalue weighted by Gasteiger charge is 2.30. The molecule has 0 bridgehead atoms. The van der Waals surface area contributed by atoms with Crippen LogP contribution in [0.15, 0.2) is 0 Å². The Kier molecular flexibility index (Phi) is 2.97. The molecule has 1 aliphatic carbocycles. The molecule has 19 heavy (non-hydrogen) atoms. The normalized spacial score (nSPS) is 23.5. The maximum Gasteiger partial charge on any atom is 0.202 e. The number of methoxy groups -OCH3 is 1. The van der Waals surface area contributed by atoms with Crippen molar-refractivity contribution in [1.29, 1.82) is 0 Å². The van der Waals surface area contributed by atoms with Crippen LogP contribution in [0, 0.1) is 0 Å². The van der Waals surface area contributed by atoms with E-state index in [0.29, 0.717) is 18.1 Å². The van der Waals surface area contributed by atoms with Crippen LogP contribution in [0.3, 0.4) is 0 Å². The summed E-state index contributed by atoms with van der Waals surface area (Å²) in [7, 11) is 3.74. The maximum atomic E-state index is 6.13. The lowest BCUT2D eigenvalue weighted by Gasteiger charge is -2.15. The third-order valence-electron chi connectivity index (χ3n) is 4.15. The van der Waals surface area contributed by atoms with Crippen molar-refractivity contribution in [2.24, 2.45) is 7.05 Å². The van der Waals surface area contributed by atoms with E-state index in [9.17, 15) is 0 Å². The maximum absolute atomic E-state index is 6.13. The molecule has 2 aromatic rings. The molecule has 6 nitrogen and oxygen atoms in total. The zero-order chi connectivity index (χ0) is 13.6. The van der Waals surface area contributed by atoms with E-state index in [4.69, 9.17) is 10.5 Å². The molecule has 0 saturated heterocycles. The number of nitrogen functional groups attached to an aromatic ring is 1. The van der Waals surface area contributed by atoms with Gasteiger partial charge in [0.15, 0.2) is 5.65 Å². The van der Waals surface area contributed by atoms with Gasteiger partial charge in [0.25, 0.3) is 0 Å². The molecule has 6 heteroatoms. The number of hydrogen-bond donors (Lipinski definition) is 1. The van der Waals surface area contributed by atoms with Gasteiger partial charge < -0.3 is 10.5 Å². The SMILES string of the molecule is CCc1nn(C)c2c1nc(N)n2C1CCC(OC)C1. The lowest BCUT2D eigenvalue weighted by molar-refractivity contribution is 0.106. The van der Waals surface area contributed by atoms with Gasteiger partial charge in [-0.3, -0.25) is 9.25 Å².